The molecular formula is C34H22IrN2O-2. The Balaban J connectivity index is 0.000000151. The van der Waals surface area contributed by atoms with E-state index in [1.165, 1.54) is 11.1 Å². The number of pyridine rings is 2. The molecule has 0 atom stereocenters. The zero-order valence-corrected chi connectivity index (χ0v) is 22.7. The first-order chi connectivity index (χ1) is 18.4. The Kier molecular flexibility index (Phi) is 7.84. The zero-order chi connectivity index (χ0) is 24.9. The number of hydrogen-bond donors (Lipinski definition) is 0. The van der Waals surface area contributed by atoms with E-state index in [1.54, 1.807) is 6.20 Å². The average molecular weight is 667 g/mol. The van der Waals surface area contributed by atoms with Gasteiger partial charge in [-0.1, -0.05) is 66.2 Å². The number of aromatic nitrogens is 2. The minimum Gasteiger partial charge on any atom is -0.501 e. The average Bonchev–Trinajstić information content (AvgIpc) is 3.13. The van der Waals surface area contributed by atoms with Crippen molar-refractivity contribution in [3.05, 3.63) is 146 Å². The monoisotopic (exact) mass is 667 g/mol. The summed E-state index contributed by atoms with van der Waals surface area (Å²) in [7, 11) is 0. The molecule has 2 aromatic heterocycles. The van der Waals surface area contributed by atoms with E-state index in [2.05, 4.69) is 52.4 Å². The number of benzene rings is 4. The Morgan fingerprint density at radius 3 is 2.18 bits per heavy atom. The standard InChI is InChI=1S/C17H10NO.C17H12N.Ir/c1-3-9-15-12(6-1)13-8-5-11-18-17(13)14-7-2-4-10-16(14)19-15;1-3-7-14(8-4-1)16-11-12-18-17(13-16)15-9-5-2-6-10-15;/h1-6,8-11H;1-9,11-13H;/q2*-1;. The van der Waals surface area contributed by atoms with Crippen molar-refractivity contribution in [2.75, 3.05) is 0 Å². The van der Waals surface area contributed by atoms with Crippen LogP contribution in [0.3, 0.4) is 0 Å². The van der Waals surface area contributed by atoms with E-state index in [4.69, 9.17) is 4.74 Å². The van der Waals surface area contributed by atoms with Crippen LogP contribution in [0.2, 0.25) is 0 Å². The predicted octanol–water partition coefficient (Wildman–Crippen LogP) is 8.53. The molecule has 0 bridgehead atoms. The topological polar surface area (TPSA) is 35.0 Å². The molecule has 0 aliphatic carbocycles. The summed E-state index contributed by atoms with van der Waals surface area (Å²) in [6, 6.07) is 46.6. The molecule has 0 amide bonds. The number of rotatable bonds is 2. The molecule has 185 valence electrons. The summed E-state index contributed by atoms with van der Waals surface area (Å²) >= 11 is 0. The summed E-state index contributed by atoms with van der Waals surface area (Å²) in [4.78, 5) is 8.91. The second-order valence-corrected chi connectivity index (χ2v) is 8.48. The number of ether oxygens (including phenoxy) is 1. The van der Waals surface area contributed by atoms with E-state index in [-0.39, 0.29) is 20.1 Å². The maximum Gasteiger partial charge on any atom is 0.121 e. The zero-order valence-electron chi connectivity index (χ0n) is 20.3. The summed E-state index contributed by atoms with van der Waals surface area (Å²) in [6.07, 6.45) is 3.65. The van der Waals surface area contributed by atoms with Crippen molar-refractivity contribution in [2.45, 2.75) is 0 Å². The van der Waals surface area contributed by atoms with Crippen LogP contribution in [0.1, 0.15) is 0 Å². The minimum absolute atomic E-state index is 0. The van der Waals surface area contributed by atoms with Gasteiger partial charge in [-0.3, -0.25) is 0 Å². The first-order valence-electron chi connectivity index (χ1n) is 12.1. The van der Waals surface area contributed by atoms with Gasteiger partial charge in [-0.15, -0.1) is 60.2 Å². The predicted molar refractivity (Wildman–Crippen MR) is 148 cm³/mol. The maximum absolute atomic E-state index is 6.01. The number of para-hydroxylation sites is 1. The van der Waals surface area contributed by atoms with Gasteiger partial charge in [-0.05, 0) is 46.3 Å². The van der Waals surface area contributed by atoms with E-state index in [0.29, 0.717) is 0 Å². The van der Waals surface area contributed by atoms with Gasteiger partial charge in [0, 0.05) is 43.8 Å². The molecular weight excluding hydrogens is 645 g/mol. The Morgan fingerprint density at radius 2 is 1.32 bits per heavy atom. The fourth-order valence-corrected chi connectivity index (χ4v) is 4.35. The van der Waals surface area contributed by atoms with Gasteiger partial charge in [-0.2, -0.15) is 0 Å². The van der Waals surface area contributed by atoms with Crippen molar-refractivity contribution in [1.82, 2.24) is 9.97 Å². The summed E-state index contributed by atoms with van der Waals surface area (Å²) in [5, 5.41) is 0. The van der Waals surface area contributed by atoms with Crippen LogP contribution >= 0.6 is 0 Å². The van der Waals surface area contributed by atoms with Gasteiger partial charge in [0.15, 0.2) is 0 Å². The van der Waals surface area contributed by atoms with Crippen LogP contribution in [0, 0.1) is 12.1 Å². The first-order valence-corrected chi connectivity index (χ1v) is 12.1. The molecule has 1 aliphatic rings. The SMILES string of the molecule is [Ir].[c-]1cccc2c1-c1ncccc1-c1ccccc1O2.[c-]1ccccc1-c1cc(-c2ccccc2)ccn1. The van der Waals surface area contributed by atoms with E-state index < -0.39 is 0 Å². The van der Waals surface area contributed by atoms with Crippen LogP contribution in [0.5, 0.6) is 11.5 Å². The van der Waals surface area contributed by atoms with E-state index in [0.717, 1.165) is 45.1 Å². The summed E-state index contributed by atoms with van der Waals surface area (Å²) in [6.45, 7) is 0. The third-order valence-corrected chi connectivity index (χ3v) is 6.11. The van der Waals surface area contributed by atoms with Crippen LogP contribution in [0.4, 0.5) is 0 Å². The van der Waals surface area contributed by atoms with Gasteiger partial charge in [-0.25, -0.2) is 0 Å². The number of hydrogen-bond acceptors (Lipinski definition) is 3. The maximum atomic E-state index is 6.01. The summed E-state index contributed by atoms with van der Waals surface area (Å²) in [5.74, 6) is 1.66. The van der Waals surface area contributed by atoms with Gasteiger partial charge in [0.05, 0.1) is 0 Å². The quantitative estimate of drug-likeness (QED) is 0.174. The summed E-state index contributed by atoms with van der Waals surface area (Å²) in [5.41, 5.74) is 8.34. The molecule has 0 spiro atoms. The largest absolute Gasteiger partial charge is 0.501 e. The van der Waals surface area contributed by atoms with Crippen LogP contribution < -0.4 is 4.74 Å². The van der Waals surface area contributed by atoms with Crippen LogP contribution in [-0.4, -0.2) is 9.97 Å². The van der Waals surface area contributed by atoms with Crippen LogP contribution in [0.25, 0.3) is 44.8 Å². The van der Waals surface area contributed by atoms with Crippen molar-refractivity contribution in [3.63, 3.8) is 0 Å². The van der Waals surface area contributed by atoms with Crippen LogP contribution in [-0.2, 0) is 20.1 Å². The van der Waals surface area contributed by atoms with E-state index in [1.807, 2.05) is 97.2 Å². The van der Waals surface area contributed by atoms with E-state index >= 15 is 0 Å². The van der Waals surface area contributed by atoms with Crippen molar-refractivity contribution < 1.29 is 24.8 Å². The third kappa shape index (κ3) is 5.33. The normalized spacial score (nSPS) is 10.6. The van der Waals surface area contributed by atoms with Crippen molar-refractivity contribution in [2.24, 2.45) is 0 Å². The number of fused-ring (bicyclic) bond motifs is 5. The molecule has 0 saturated heterocycles. The Hall–Kier alpha value is -4.37. The van der Waals surface area contributed by atoms with E-state index in [9.17, 15) is 0 Å². The molecule has 0 unspecified atom stereocenters. The molecule has 6 aromatic rings. The molecule has 4 aromatic carbocycles. The molecule has 1 radical (unpaired) electrons. The van der Waals surface area contributed by atoms with Crippen molar-refractivity contribution >= 4 is 0 Å². The van der Waals surface area contributed by atoms with Gasteiger partial charge in [0.25, 0.3) is 0 Å². The van der Waals surface area contributed by atoms with Crippen molar-refractivity contribution in [1.29, 1.82) is 0 Å². The molecule has 4 heteroatoms. The fourth-order valence-electron chi connectivity index (χ4n) is 4.35. The molecule has 7 rings (SSSR count). The molecule has 3 nitrogen and oxygen atoms in total. The fraction of sp³-hybridized carbons (Fsp3) is 0. The Morgan fingerprint density at radius 1 is 0.553 bits per heavy atom. The van der Waals surface area contributed by atoms with Gasteiger partial charge < -0.3 is 14.7 Å². The molecule has 3 heterocycles. The minimum atomic E-state index is 0. The Labute approximate surface area is 236 Å². The second-order valence-electron chi connectivity index (χ2n) is 8.48. The molecule has 0 N–H and O–H groups in total. The molecule has 38 heavy (non-hydrogen) atoms. The van der Waals surface area contributed by atoms with Gasteiger partial charge in [0.1, 0.15) is 5.75 Å². The number of nitrogens with zero attached hydrogens (tertiary/aromatic N) is 2. The molecule has 0 fully saturated rings. The first kappa shape index (κ1) is 25.3. The summed E-state index contributed by atoms with van der Waals surface area (Å²) < 4.78 is 6.01. The van der Waals surface area contributed by atoms with Crippen LogP contribution in [0.15, 0.2) is 134 Å². The smallest absolute Gasteiger partial charge is 0.121 e. The molecule has 1 aliphatic heterocycles. The van der Waals surface area contributed by atoms with Gasteiger partial charge in [0.2, 0.25) is 0 Å². The molecule has 0 saturated carbocycles. The Bertz CT molecular complexity index is 1530. The third-order valence-electron chi connectivity index (χ3n) is 6.11. The van der Waals surface area contributed by atoms with Gasteiger partial charge >= 0.3 is 0 Å². The second kappa shape index (κ2) is 11.8. The van der Waals surface area contributed by atoms with Crippen molar-refractivity contribution in [3.8, 4) is 56.3 Å².